The van der Waals surface area contributed by atoms with Crippen molar-refractivity contribution in [1.29, 1.82) is 0 Å². The van der Waals surface area contributed by atoms with Crippen LogP contribution >= 0.6 is 11.8 Å². The first kappa shape index (κ1) is 17.7. The van der Waals surface area contributed by atoms with Gasteiger partial charge in [-0.1, -0.05) is 35.9 Å². The van der Waals surface area contributed by atoms with Crippen molar-refractivity contribution in [2.45, 2.75) is 23.9 Å². The second-order valence-electron chi connectivity index (χ2n) is 5.48. The summed E-state index contributed by atoms with van der Waals surface area (Å²) in [5.41, 5.74) is 7.20. The minimum Gasteiger partial charge on any atom is -0.324 e. The Hall–Kier alpha value is -3.13. The summed E-state index contributed by atoms with van der Waals surface area (Å²) in [5, 5.41) is 3.65. The number of nitrogens with one attached hydrogen (secondary N) is 3. The van der Waals surface area contributed by atoms with Crippen molar-refractivity contribution in [3.05, 3.63) is 60.2 Å². The summed E-state index contributed by atoms with van der Waals surface area (Å²) in [7, 11) is 0. The third-order valence-corrected chi connectivity index (χ3v) is 4.10. The Bertz CT molecular complexity index is 886. The van der Waals surface area contributed by atoms with Gasteiger partial charge >= 0.3 is 0 Å². The highest BCUT2D eigenvalue weighted by molar-refractivity contribution is 7.99. The van der Waals surface area contributed by atoms with E-state index in [-0.39, 0.29) is 11.9 Å². The van der Waals surface area contributed by atoms with Gasteiger partial charge in [0.25, 0.3) is 0 Å². The number of benzene rings is 2. The van der Waals surface area contributed by atoms with E-state index in [4.69, 9.17) is 0 Å². The van der Waals surface area contributed by atoms with E-state index in [9.17, 15) is 4.79 Å². The van der Waals surface area contributed by atoms with E-state index in [1.54, 1.807) is 0 Å². The minimum absolute atomic E-state index is 0.240. The molecule has 0 aliphatic heterocycles. The van der Waals surface area contributed by atoms with Gasteiger partial charge in [0.1, 0.15) is 0 Å². The lowest BCUT2D eigenvalue weighted by Crippen LogP contribution is -2.28. The third-order valence-electron chi connectivity index (χ3n) is 3.23. The van der Waals surface area contributed by atoms with Crippen LogP contribution in [0.25, 0.3) is 0 Å². The van der Waals surface area contributed by atoms with Gasteiger partial charge in [-0.15, -0.1) is 0 Å². The average molecular weight is 366 g/mol. The van der Waals surface area contributed by atoms with Gasteiger partial charge in [-0.05, 0) is 43.0 Å². The van der Waals surface area contributed by atoms with Crippen molar-refractivity contribution in [3.63, 3.8) is 0 Å². The average Bonchev–Trinajstić information content (AvgIpc) is 2.63. The van der Waals surface area contributed by atoms with Gasteiger partial charge in [0.15, 0.2) is 5.16 Å². The zero-order chi connectivity index (χ0) is 18.4. The standard InChI is InChI=1S/C18H18N6OS/c1-12-8-10-15(11-9-12)26-18-21-16(19-14-6-4-3-5-7-14)20-17(22-18)24-23-13(2)25/h3-11H,1-2H3,(H,23,25)(H2,19,20,21,22,24). The summed E-state index contributed by atoms with van der Waals surface area (Å²) in [5.74, 6) is 0.396. The molecule has 0 spiro atoms. The fourth-order valence-electron chi connectivity index (χ4n) is 2.02. The molecule has 1 aromatic heterocycles. The number of hydrogen-bond acceptors (Lipinski definition) is 7. The molecule has 3 N–H and O–H groups in total. The maximum Gasteiger partial charge on any atom is 0.247 e. The molecule has 3 aromatic rings. The quantitative estimate of drug-likeness (QED) is 0.575. The van der Waals surface area contributed by atoms with E-state index in [1.807, 2.05) is 61.5 Å². The van der Waals surface area contributed by atoms with Crippen molar-refractivity contribution < 1.29 is 4.79 Å². The second-order valence-corrected chi connectivity index (χ2v) is 6.52. The van der Waals surface area contributed by atoms with Gasteiger partial charge < -0.3 is 5.32 Å². The summed E-state index contributed by atoms with van der Waals surface area (Å²) in [6.45, 7) is 3.44. The molecule has 0 aliphatic rings. The van der Waals surface area contributed by atoms with E-state index < -0.39 is 0 Å². The number of carbonyl (C=O) groups is 1. The molecular formula is C18H18N6OS. The van der Waals surface area contributed by atoms with Gasteiger partial charge in [-0.2, -0.15) is 15.0 Å². The normalized spacial score (nSPS) is 10.2. The fraction of sp³-hybridized carbons (Fsp3) is 0.111. The van der Waals surface area contributed by atoms with E-state index in [2.05, 4.69) is 31.1 Å². The SMILES string of the molecule is CC(=O)NNc1nc(Nc2ccccc2)nc(Sc2ccc(C)cc2)n1. The number of hydrogen-bond donors (Lipinski definition) is 3. The molecule has 0 fully saturated rings. The Labute approximate surface area is 155 Å². The van der Waals surface area contributed by atoms with E-state index in [0.29, 0.717) is 11.1 Å². The smallest absolute Gasteiger partial charge is 0.247 e. The number of aryl methyl sites for hydroxylation is 1. The number of hydrazine groups is 1. The van der Waals surface area contributed by atoms with Crippen LogP contribution in [0.15, 0.2) is 64.6 Å². The highest BCUT2D eigenvalue weighted by Crippen LogP contribution is 2.26. The number of aromatic nitrogens is 3. The summed E-state index contributed by atoms with van der Waals surface area (Å²) < 4.78 is 0. The number of carbonyl (C=O) groups excluding carboxylic acids is 1. The van der Waals surface area contributed by atoms with Gasteiger partial charge in [-0.25, -0.2) is 0 Å². The monoisotopic (exact) mass is 366 g/mol. The Morgan fingerprint density at radius 2 is 1.62 bits per heavy atom. The zero-order valence-corrected chi connectivity index (χ0v) is 15.2. The van der Waals surface area contributed by atoms with Crippen molar-refractivity contribution in [2.24, 2.45) is 0 Å². The van der Waals surface area contributed by atoms with Crippen LogP contribution in [0.5, 0.6) is 0 Å². The first-order chi connectivity index (χ1) is 12.6. The van der Waals surface area contributed by atoms with E-state index >= 15 is 0 Å². The Morgan fingerprint density at radius 3 is 2.31 bits per heavy atom. The van der Waals surface area contributed by atoms with Gasteiger partial charge in [0.05, 0.1) is 0 Å². The van der Waals surface area contributed by atoms with Crippen LogP contribution < -0.4 is 16.2 Å². The molecule has 0 radical (unpaired) electrons. The highest BCUT2D eigenvalue weighted by Gasteiger charge is 2.09. The highest BCUT2D eigenvalue weighted by atomic mass is 32.2. The molecule has 0 bridgehead atoms. The molecule has 3 rings (SSSR count). The van der Waals surface area contributed by atoms with Crippen molar-refractivity contribution >= 4 is 35.3 Å². The zero-order valence-electron chi connectivity index (χ0n) is 14.4. The Kier molecular flexibility index (Phi) is 5.65. The van der Waals surface area contributed by atoms with Crippen molar-refractivity contribution in [3.8, 4) is 0 Å². The van der Waals surface area contributed by atoms with Crippen LogP contribution in [0.3, 0.4) is 0 Å². The van der Waals surface area contributed by atoms with Crippen LogP contribution in [0, 0.1) is 6.92 Å². The predicted molar refractivity (Wildman–Crippen MR) is 102 cm³/mol. The molecule has 1 heterocycles. The van der Waals surface area contributed by atoms with Crippen LogP contribution in [0.4, 0.5) is 17.6 Å². The third kappa shape index (κ3) is 5.18. The molecule has 1 amide bonds. The van der Waals surface area contributed by atoms with E-state index in [1.165, 1.54) is 24.2 Å². The molecular weight excluding hydrogens is 348 g/mol. The lowest BCUT2D eigenvalue weighted by molar-refractivity contribution is -0.118. The predicted octanol–water partition coefficient (Wildman–Crippen LogP) is 3.54. The molecule has 8 heteroatoms. The lowest BCUT2D eigenvalue weighted by Gasteiger charge is -2.10. The van der Waals surface area contributed by atoms with Crippen LogP contribution in [0.2, 0.25) is 0 Å². The maximum absolute atomic E-state index is 11.1. The molecule has 0 saturated carbocycles. The molecule has 0 unspecified atom stereocenters. The van der Waals surface area contributed by atoms with Crippen molar-refractivity contribution in [1.82, 2.24) is 20.4 Å². The topological polar surface area (TPSA) is 91.8 Å². The molecule has 0 saturated heterocycles. The molecule has 26 heavy (non-hydrogen) atoms. The lowest BCUT2D eigenvalue weighted by atomic mass is 10.2. The number of nitrogens with zero attached hydrogens (tertiary/aromatic N) is 3. The molecule has 7 nitrogen and oxygen atoms in total. The Morgan fingerprint density at radius 1 is 0.923 bits per heavy atom. The van der Waals surface area contributed by atoms with Crippen LogP contribution in [-0.2, 0) is 4.79 Å². The second kappa shape index (κ2) is 8.30. The first-order valence-corrected chi connectivity index (χ1v) is 8.75. The number of anilines is 3. The minimum atomic E-state index is -0.240. The summed E-state index contributed by atoms with van der Waals surface area (Å²) in [6, 6.07) is 17.7. The van der Waals surface area contributed by atoms with Gasteiger partial charge in [0, 0.05) is 17.5 Å². The van der Waals surface area contributed by atoms with E-state index in [0.717, 1.165) is 10.6 Å². The number of amides is 1. The molecule has 2 aromatic carbocycles. The maximum atomic E-state index is 11.1. The fourth-order valence-corrected chi connectivity index (χ4v) is 2.77. The van der Waals surface area contributed by atoms with Crippen molar-refractivity contribution in [2.75, 3.05) is 10.7 Å². The summed E-state index contributed by atoms with van der Waals surface area (Å²) in [6.07, 6.45) is 0. The number of rotatable bonds is 6. The summed E-state index contributed by atoms with van der Waals surface area (Å²) in [4.78, 5) is 25.2. The Balaban J connectivity index is 1.86. The van der Waals surface area contributed by atoms with Gasteiger partial charge in [0.2, 0.25) is 17.8 Å². The van der Waals surface area contributed by atoms with Crippen LogP contribution in [0.1, 0.15) is 12.5 Å². The molecule has 132 valence electrons. The van der Waals surface area contributed by atoms with Gasteiger partial charge in [-0.3, -0.25) is 15.6 Å². The summed E-state index contributed by atoms with van der Waals surface area (Å²) >= 11 is 1.41. The van der Waals surface area contributed by atoms with Crippen LogP contribution in [-0.4, -0.2) is 20.9 Å². The largest absolute Gasteiger partial charge is 0.324 e. The molecule has 0 aliphatic carbocycles. The molecule has 0 atom stereocenters. The number of para-hydroxylation sites is 1. The first-order valence-electron chi connectivity index (χ1n) is 7.94.